The fourth-order valence-corrected chi connectivity index (χ4v) is 2.69. The van der Waals surface area contributed by atoms with Crippen LogP contribution in [0.25, 0.3) is 0 Å². The van der Waals surface area contributed by atoms with Crippen LogP contribution in [0, 0.1) is 0 Å². The van der Waals surface area contributed by atoms with Crippen LogP contribution in [-0.4, -0.2) is 40.6 Å². The normalized spacial score (nSPS) is 18.6. The van der Waals surface area contributed by atoms with Crippen LogP contribution in [0.3, 0.4) is 0 Å². The first-order chi connectivity index (χ1) is 9.54. The summed E-state index contributed by atoms with van der Waals surface area (Å²) in [5.74, 6) is 0.160. The number of rotatable bonds is 3. The molecule has 20 heavy (non-hydrogen) atoms. The molecular weight excluding hydrogens is 276 g/mol. The second-order valence-electron chi connectivity index (χ2n) is 4.80. The largest absolute Gasteiger partial charge is 0.507 e. The zero-order valence-electron chi connectivity index (χ0n) is 11.3. The van der Waals surface area contributed by atoms with Crippen molar-refractivity contribution in [3.8, 4) is 11.5 Å². The topological polar surface area (TPSA) is 75.8 Å². The number of aromatic hydroxyl groups is 1. The number of methoxy groups -OCH3 is 1. The predicted molar refractivity (Wildman–Crippen MR) is 80.1 cm³/mol. The number of piperidine rings is 1. The molecule has 1 saturated heterocycles. The lowest BCUT2D eigenvalue weighted by Crippen LogP contribution is -2.49. The van der Waals surface area contributed by atoms with Gasteiger partial charge in [-0.3, -0.25) is 4.79 Å². The van der Waals surface area contributed by atoms with E-state index < -0.39 is 0 Å². The lowest BCUT2D eigenvalue weighted by Gasteiger charge is -2.35. The molecule has 3 N–H and O–H groups in total. The lowest BCUT2D eigenvalue weighted by atomic mass is 10.0. The molecule has 1 aliphatic rings. The number of nitrogens with two attached hydrogens (primary N) is 1. The first kappa shape index (κ1) is 14.6. The Morgan fingerprint density at radius 3 is 2.85 bits per heavy atom. The average Bonchev–Trinajstić information content (AvgIpc) is 2.46. The molecule has 108 valence electrons. The molecule has 1 aromatic carbocycles. The molecule has 1 heterocycles. The van der Waals surface area contributed by atoms with E-state index in [1.54, 1.807) is 17.0 Å². The Morgan fingerprint density at radius 2 is 2.25 bits per heavy atom. The molecule has 1 fully saturated rings. The van der Waals surface area contributed by atoms with Crippen LogP contribution in [0.5, 0.6) is 11.5 Å². The van der Waals surface area contributed by atoms with Crippen LogP contribution in [0.2, 0.25) is 0 Å². The van der Waals surface area contributed by atoms with E-state index in [2.05, 4.69) is 0 Å². The van der Waals surface area contributed by atoms with Crippen LogP contribution in [0.4, 0.5) is 0 Å². The number of benzene rings is 1. The molecule has 2 rings (SSSR count). The molecule has 0 saturated carbocycles. The summed E-state index contributed by atoms with van der Waals surface area (Å²) < 4.78 is 5.01. The molecule has 6 heteroatoms. The maximum atomic E-state index is 12.5. The molecule has 1 aromatic rings. The van der Waals surface area contributed by atoms with E-state index in [1.807, 2.05) is 0 Å². The van der Waals surface area contributed by atoms with E-state index in [9.17, 15) is 9.90 Å². The molecule has 0 radical (unpaired) electrons. The summed E-state index contributed by atoms with van der Waals surface area (Å²) in [7, 11) is 1.50. The summed E-state index contributed by atoms with van der Waals surface area (Å²) in [6.07, 6.45) is 2.69. The fourth-order valence-electron chi connectivity index (χ4n) is 2.44. The smallest absolute Gasteiger partial charge is 0.258 e. The highest BCUT2D eigenvalue weighted by Gasteiger charge is 2.30. The number of carbonyl (C=O) groups excluding carboxylic acids is 1. The van der Waals surface area contributed by atoms with Crippen molar-refractivity contribution < 1.29 is 14.6 Å². The Bertz CT molecular complexity index is 533. The van der Waals surface area contributed by atoms with Crippen LogP contribution in [-0.2, 0) is 0 Å². The minimum Gasteiger partial charge on any atom is -0.507 e. The Morgan fingerprint density at radius 1 is 1.50 bits per heavy atom. The van der Waals surface area contributed by atoms with Crippen molar-refractivity contribution in [1.82, 2.24) is 4.90 Å². The number of hydrogen-bond donors (Lipinski definition) is 2. The van der Waals surface area contributed by atoms with Crippen molar-refractivity contribution in [3.63, 3.8) is 0 Å². The number of phenolic OH excluding ortho intramolecular Hbond substituents is 1. The minimum absolute atomic E-state index is 0.0957. The van der Waals surface area contributed by atoms with E-state index in [0.717, 1.165) is 19.3 Å². The SMILES string of the molecule is COc1ccc(C(=O)N2CCCCC2C(N)=S)c(O)c1. The molecule has 0 aromatic heterocycles. The third kappa shape index (κ3) is 2.85. The Balaban J connectivity index is 2.27. The van der Waals surface area contributed by atoms with Crippen LogP contribution < -0.4 is 10.5 Å². The first-order valence-electron chi connectivity index (χ1n) is 6.52. The van der Waals surface area contributed by atoms with Gasteiger partial charge in [0.2, 0.25) is 0 Å². The van der Waals surface area contributed by atoms with Gasteiger partial charge in [-0.1, -0.05) is 12.2 Å². The molecule has 5 nitrogen and oxygen atoms in total. The minimum atomic E-state index is -0.248. The Kier molecular flexibility index (Phi) is 4.44. The zero-order valence-corrected chi connectivity index (χ0v) is 12.2. The molecular formula is C14H18N2O3S. The van der Waals surface area contributed by atoms with Crippen molar-refractivity contribution in [2.45, 2.75) is 25.3 Å². The maximum Gasteiger partial charge on any atom is 0.258 e. The fraction of sp³-hybridized carbons (Fsp3) is 0.429. The van der Waals surface area contributed by atoms with Crippen LogP contribution >= 0.6 is 12.2 Å². The summed E-state index contributed by atoms with van der Waals surface area (Å²) in [5, 5.41) is 9.96. The number of likely N-dealkylation sites (tertiary alicyclic amines) is 1. The monoisotopic (exact) mass is 294 g/mol. The van der Waals surface area contributed by atoms with Crippen molar-refractivity contribution >= 4 is 23.1 Å². The number of phenols is 1. The highest BCUT2D eigenvalue weighted by Crippen LogP contribution is 2.27. The molecule has 0 spiro atoms. The standard InChI is InChI=1S/C14H18N2O3S/c1-19-9-5-6-10(12(17)8-9)14(18)16-7-3-2-4-11(16)13(15)20/h5-6,8,11,17H,2-4,7H2,1H3,(H2,15,20). The highest BCUT2D eigenvalue weighted by atomic mass is 32.1. The van der Waals surface area contributed by atoms with E-state index in [0.29, 0.717) is 17.3 Å². The number of nitrogens with zero attached hydrogens (tertiary/aromatic N) is 1. The summed E-state index contributed by atoms with van der Waals surface area (Å²) in [5.41, 5.74) is 5.96. The van der Waals surface area contributed by atoms with Crippen LogP contribution in [0.15, 0.2) is 18.2 Å². The van der Waals surface area contributed by atoms with Gasteiger partial charge in [0.1, 0.15) is 11.5 Å². The number of amides is 1. The summed E-state index contributed by atoms with van der Waals surface area (Å²) in [6.45, 7) is 0.603. The third-order valence-corrected chi connectivity index (χ3v) is 3.80. The van der Waals surface area contributed by atoms with E-state index >= 15 is 0 Å². The number of thiocarbonyl (C=S) groups is 1. The Labute approximate surface area is 123 Å². The van der Waals surface area contributed by atoms with Gasteiger partial charge >= 0.3 is 0 Å². The average molecular weight is 294 g/mol. The number of hydrogen-bond acceptors (Lipinski definition) is 4. The van der Waals surface area contributed by atoms with Crippen molar-refractivity contribution in [1.29, 1.82) is 0 Å². The second kappa shape index (κ2) is 6.09. The van der Waals surface area contributed by atoms with Gasteiger partial charge in [-0.25, -0.2) is 0 Å². The van der Waals surface area contributed by atoms with Gasteiger partial charge in [-0.2, -0.15) is 0 Å². The zero-order chi connectivity index (χ0) is 14.7. The molecule has 1 atom stereocenters. The molecule has 1 unspecified atom stereocenters. The number of ether oxygens (including phenoxy) is 1. The van der Waals surface area contributed by atoms with E-state index in [4.69, 9.17) is 22.7 Å². The van der Waals surface area contributed by atoms with Gasteiger partial charge < -0.3 is 20.5 Å². The van der Waals surface area contributed by atoms with Crippen molar-refractivity contribution in [3.05, 3.63) is 23.8 Å². The van der Waals surface area contributed by atoms with Gasteiger partial charge in [0, 0.05) is 12.6 Å². The third-order valence-electron chi connectivity index (χ3n) is 3.53. The first-order valence-corrected chi connectivity index (χ1v) is 6.92. The Hall–Kier alpha value is -1.82. The molecule has 1 aliphatic heterocycles. The second-order valence-corrected chi connectivity index (χ2v) is 5.27. The van der Waals surface area contributed by atoms with Gasteiger partial charge in [-0.15, -0.1) is 0 Å². The van der Waals surface area contributed by atoms with Gasteiger partial charge in [-0.05, 0) is 31.4 Å². The van der Waals surface area contributed by atoms with Gasteiger partial charge in [0.15, 0.2) is 0 Å². The van der Waals surface area contributed by atoms with Crippen molar-refractivity contribution in [2.24, 2.45) is 5.73 Å². The lowest BCUT2D eigenvalue weighted by molar-refractivity contribution is 0.0678. The molecule has 1 amide bonds. The highest BCUT2D eigenvalue weighted by molar-refractivity contribution is 7.80. The molecule has 0 bridgehead atoms. The quantitative estimate of drug-likeness (QED) is 0.830. The maximum absolute atomic E-state index is 12.5. The van der Waals surface area contributed by atoms with Crippen molar-refractivity contribution in [2.75, 3.05) is 13.7 Å². The summed E-state index contributed by atoms with van der Waals surface area (Å²) in [4.78, 5) is 14.5. The summed E-state index contributed by atoms with van der Waals surface area (Å²) >= 11 is 5.04. The van der Waals surface area contributed by atoms with E-state index in [1.165, 1.54) is 13.2 Å². The summed E-state index contributed by atoms with van der Waals surface area (Å²) in [6, 6.07) is 4.40. The van der Waals surface area contributed by atoms with Gasteiger partial charge in [0.25, 0.3) is 5.91 Å². The van der Waals surface area contributed by atoms with E-state index in [-0.39, 0.29) is 23.3 Å². The van der Waals surface area contributed by atoms with Crippen LogP contribution in [0.1, 0.15) is 29.6 Å². The molecule has 0 aliphatic carbocycles. The predicted octanol–water partition coefficient (Wildman–Crippen LogP) is 1.68. The number of carbonyl (C=O) groups is 1. The van der Waals surface area contributed by atoms with Gasteiger partial charge in [0.05, 0.1) is 23.7 Å².